The van der Waals surface area contributed by atoms with E-state index in [-0.39, 0.29) is 5.60 Å². The number of hydrogen-bond donors (Lipinski definition) is 1. The van der Waals surface area contributed by atoms with Crippen LogP contribution in [0.1, 0.15) is 12.8 Å². The lowest BCUT2D eigenvalue weighted by molar-refractivity contribution is 0.184. The Kier molecular flexibility index (Phi) is 1.42. The van der Waals surface area contributed by atoms with E-state index in [9.17, 15) is 0 Å². The quantitative estimate of drug-likeness (QED) is 0.752. The number of benzene rings is 1. The minimum atomic E-state index is 0.133. The molecule has 68 valence electrons. The van der Waals surface area contributed by atoms with Crippen LogP contribution in [-0.4, -0.2) is 12.1 Å². The molecular formula is C10H10BrNO. The minimum Gasteiger partial charge on any atom is -0.483 e. The Morgan fingerprint density at radius 2 is 2.23 bits per heavy atom. The Morgan fingerprint density at radius 1 is 1.38 bits per heavy atom. The second-order valence-electron chi connectivity index (χ2n) is 3.75. The molecule has 13 heavy (non-hydrogen) atoms. The number of para-hydroxylation sites is 1. The molecule has 2 aliphatic rings. The fourth-order valence-corrected chi connectivity index (χ4v) is 2.19. The molecule has 1 aliphatic carbocycles. The molecular weight excluding hydrogens is 230 g/mol. The topological polar surface area (TPSA) is 21.3 Å². The van der Waals surface area contributed by atoms with Crippen LogP contribution in [0.15, 0.2) is 22.7 Å². The second-order valence-corrected chi connectivity index (χ2v) is 4.61. The van der Waals surface area contributed by atoms with Crippen LogP contribution in [0.5, 0.6) is 5.75 Å². The number of fused-ring (bicyclic) bond motifs is 1. The number of nitrogens with one attached hydrogen (secondary N) is 1. The van der Waals surface area contributed by atoms with Crippen molar-refractivity contribution in [3.63, 3.8) is 0 Å². The third-order valence-corrected chi connectivity index (χ3v) is 3.36. The predicted octanol–water partition coefficient (Wildman–Crippen LogP) is 2.79. The van der Waals surface area contributed by atoms with Gasteiger partial charge in [-0.2, -0.15) is 0 Å². The first-order valence-corrected chi connectivity index (χ1v) is 5.30. The summed E-state index contributed by atoms with van der Waals surface area (Å²) in [4.78, 5) is 0. The summed E-state index contributed by atoms with van der Waals surface area (Å²) in [7, 11) is 0. The van der Waals surface area contributed by atoms with Crippen LogP contribution in [0.25, 0.3) is 0 Å². The van der Waals surface area contributed by atoms with Gasteiger partial charge < -0.3 is 10.1 Å². The Bertz CT molecular complexity index is 360. The number of ether oxygens (including phenoxy) is 1. The molecule has 1 fully saturated rings. The maximum absolute atomic E-state index is 5.92. The first kappa shape index (κ1) is 7.68. The highest BCUT2D eigenvalue weighted by molar-refractivity contribution is 9.10. The van der Waals surface area contributed by atoms with Crippen molar-refractivity contribution in [1.82, 2.24) is 0 Å². The maximum Gasteiger partial charge on any atom is 0.144 e. The molecule has 0 unspecified atom stereocenters. The molecule has 1 aromatic carbocycles. The molecule has 0 aromatic heterocycles. The van der Waals surface area contributed by atoms with Gasteiger partial charge in [0, 0.05) is 4.47 Å². The van der Waals surface area contributed by atoms with Crippen molar-refractivity contribution < 1.29 is 4.74 Å². The van der Waals surface area contributed by atoms with E-state index in [1.54, 1.807) is 0 Å². The molecule has 0 saturated heterocycles. The predicted molar refractivity (Wildman–Crippen MR) is 55.2 cm³/mol. The molecule has 1 N–H and O–H groups in total. The van der Waals surface area contributed by atoms with Crippen LogP contribution in [-0.2, 0) is 0 Å². The summed E-state index contributed by atoms with van der Waals surface area (Å²) in [5.41, 5.74) is 1.23. The summed E-state index contributed by atoms with van der Waals surface area (Å²) in [5.74, 6) is 0.984. The molecule has 1 aromatic rings. The number of hydrogen-bond acceptors (Lipinski definition) is 2. The summed E-state index contributed by atoms with van der Waals surface area (Å²) in [6.45, 7) is 0.947. The molecule has 3 rings (SSSR count). The Balaban J connectivity index is 2.05. The van der Waals surface area contributed by atoms with Gasteiger partial charge in [-0.05, 0) is 40.9 Å². The Morgan fingerprint density at radius 3 is 3.00 bits per heavy atom. The lowest BCUT2D eigenvalue weighted by Crippen LogP contribution is -2.32. The zero-order valence-corrected chi connectivity index (χ0v) is 8.73. The van der Waals surface area contributed by atoms with E-state index in [2.05, 4.69) is 21.2 Å². The van der Waals surface area contributed by atoms with Crippen LogP contribution < -0.4 is 10.1 Å². The van der Waals surface area contributed by atoms with E-state index >= 15 is 0 Å². The summed E-state index contributed by atoms with van der Waals surface area (Å²) < 4.78 is 7.00. The minimum absolute atomic E-state index is 0.133. The molecule has 3 heteroatoms. The van der Waals surface area contributed by atoms with E-state index in [1.807, 2.05) is 18.2 Å². The van der Waals surface area contributed by atoms with Gasteiger partial charge in [0.1, 0.15) is 11.4 Å². The third kappa shape index (κ3) is 1.14. The average Bonchev–Trinajstić information content (AvgIpc) is 2.85. The van der Waals surface area contributed by atoms with Crippen LogP contribution in [0, 0.1) is 0 Å². The van der Waals surface area contributed by atoms with Gasteiger partial charge in [-0.15, -0.1) is 0 Å². The van der Waals surface area contributed by atoms with E-state index in [1.165, 1.54) is 12.8 Å². The summed E-state index contributed by atoms with van der Waals surface area (Å²) in [5, 5.41) is 3.41. The molecule has 1 saturated carbocycles. The van der Waals surface area contributed by atoms with Crippen molar-refractivity contribution >= 4 is 21.6 Å². The molecule has 1 heterocycles. The maximum atomic E-state index is 5.92. The van der Waals surface area contributed by atoms with Crippen molar-refractivity contribution in [3.05, 3.63) is 22.7 Å². The van der Waals surface area contributed by atoms with Crippen molar-refractivity contribution in [2.75, 3.05) is 11.9 Å². The van der Waals surface area contributed by atoms with Gasteiger partial charge in [-0.25, -0.2) is 0 Å². The fourth-order valence-electron chi connectivity index (χ4n) is 1.70. The van der Waals surface area contributed by atoms with Gasteiger partial charge in [0.05, 0.1) is 12.2 Å². The van der Waals surface area contributed by atoms with Crippen LogP contribution in [0.2, 0.25) is 0 Å². The summed E-state index contributed by atoms with van der Waals surface area (Å²) >= 11 is 3.50. The van der Waals surface area contributed by atoms with Gasteiger partial charge in [0.2, 0.25) is 0 Å². The molecule has 1 spiro atoms. The normalized spacial score (nSPS) is 21.6. The van der Waals surface area contributed by atoms with Gasteiger partial charge in [-0.3, -0.25) is 0 Å². The fraction of sp³-hybridized carbons (Fsp3) is 0.400. The van der Waals surface area contributed by atoms with Crippen molar-refractivity contribution in [2.45, 2.75) is 18.4 Å². The summed E-state index contributed by atoms with van der Waals surface area (Å²) in [6.07, 6.45) is 2.37. The van der Waals surface area contributed by atoms with Crippen molar-refractivity contribution in [2.24, 2.45) is 0 Å². The number of halogens is 1. The van der Waals surface area contributed by atoms with E-state index in [4.69, 9.17) is 4.74 Å². The highest BCUT2D eigenvalue weighted by atomic mass is 79.9. The number of rotatable bonds is 0. The smallest absolute Gasteiger partial charge is 0.144 e. The zero-order chi connectivity index (χ0) is 8.89. The van der Waals surface area contributed by atoms with Crippen LogP contribution >= 0.6 is 15.9 Å². The van der Waals surface area contributed by atoms with E-state index < -0.39 is 0 Å². The lowest BCUT2D eigenvalue weighted by atomic mass is 10.2. The van der Waals surface area contributed by atoms with Crippen LogP contribution in [0.3, 0.4) is 0 Å². The van der Waals surface area contributed by atoms with Gasteiger partial charge in [0.15, 0.2) is 0 Å². The first-order chi connectivity index (χ1) is 6.29. The summed E-state index contributed by atoms with van der Waals surface area (Å²) in [6, 6.07) is 6.05. The Hall–Kier alpha value is -0.700. The molecule has 0 bridgehead atoms. The standard InChI is InChI=1S/C10H10BrNO/c11-7-2-1-3-8-9(7)12-6-10(13-8)4-5-10/h1-3,12H,4-6H2. The molecule has 0 atom stereocenters. The lowest BCUT2D eigenvalue weighted by Gasteiger charge is -2.27. The van der Waals surface area contributed by atoms with E-state index in [0.29, 0.717) is 0 Å². The number of anilines is 1. The molecule has 0 radical (unpaired) electrons. The first-order valence-electron chi connectivity index (χ1n) is 4.51. The SMILES string of the molecule is Brc1cccc2c1NCC1(CC1)O2. The molecule has 2 nitrogen and oxygen atoms in total. The molecule has 0 amide bonds. The highest BCUT2D eigenvalue weighted by Crippen LogP contribution is 2.47. The monoisotopic (exact) mass is 239 g/mol. The van der Waals surface area contributed by atoms with Crippen LogP contribution in [0.4, 0.5) is 5.69 Å². The third-order valence-electron chi connectivity index (χ3n) is 2.70. The zero-order valence-electron chi connectivity index (χ0n) is 7.14. The van der Waals surface area contributed by atoms with E-state index in [0.717, 1.165) is 22.5 Å². The Labute approximate surface area is 85.4 Å². The van der Waals surface area contributed by atoms with Gasteiger partial charge in [-0.1, -0.05) is 6.07 Å². The van der Waals surface area contributed by atoms with Crippen molar-refractivity contribution in [1.29, 1.82) is 0 Å². The molecule has 1 aliphatic heterocycles. The van der Waals surface area contributed by atoms with Gasteiger partial charge in [0.25, 0.3) is 0 Å². The van der Waals surface area contributed by atoms with Gasteiger partial charge >= 0.3 is 0 Å². The van der Waals surface area contributed by atoms with Crippen molar-refractivity contribution in [3.8, 4) is 5.75 Å². The average molecular weight is 240 g/mol. The second kappa shape index (κ2) is 2.41. The highest BCUT2D eigenvalue weighted by Gasteiger charge is 2.47. The largest absolute Gasteiger partial charge is 0.483 e.